The summed E-state index contributed by atoms with van der Waals surface area (Å²) in [5.74, 6) is -0.0216. The summed E-state index contributed by atoms with van der Waals surface area (Å²) in [6.07, 6.45) is 0. The largest absolute Gasteiger partial charge is 0.355 e. The van der Waals surface area contributed by atoms with Gasteiger partial charge in [0.15, 0.2) is 0 Å². The van der Waals surface area contributed by atoms with Crippen molar-refractivity contribution in [2.45, 2.75) is 11.8 Å². The SMILES string of the molecule is CCNC(=O)CN1CCN(S(=O)(=O)c2ccc(Br)cc2)CC1. The van der Waals surface area contributed by atoms with E-state index in [9.17, 15) is 13.2 Å². The Morgan fingerprint density at radius 1 is 1.18 bits per heavy atom. The molecule has 0 spiro atoms. The molecule has 1 aromatic rings. The minimum absolute atomic E-state index is 0.0216. The Labute approximate surface area is 139 Å². The summed E-state index contributed by atoms with van der Waals surface area (Å²) < 4.78 is 27.4. The number of carbonyl (C=O) groups is 1. The van der Waals surface area contributed by atoms with E-state index in [0.717, 1.165) is 4.47 Å². The number of hydrogen-bond donors (Lipinski definition) is 1. The summed E-state index contributed by atoms with van der Waals surface area (Å²) in [4.78, 5) is 13.8. The highest BCUT2D eigenvalue weighted by atomic mass is 79.9. The van der Waals surface area contributed by atoms with Crippen molar-refractivity contribution in [2.75, 3.05) is 39.3 Å². The van der Waals surface area contributed by atoms with E-state index >= 15 is 0 Å². The van der Waals surface area contributed by atoms with Gasteiger partial charge in [-0.05, 0) is 31.2 Å². The second kappa shape index (κ2) is 7.54. The molecule has 0 radical (unpaired) electrons. The number of nitrogens with zero attached hydrogens (tertiary/aromatic N) is 2. The Kier molecular flexibility index (Phi) is 5.96. The Balaban J connectivity index is 1.96. The normalized spacial score (nSPS) is 17.4. The summed E-state index contributed by atoms with van der Waals surface area (Å²) in [5.41, 5.74) is 0. The molecule has 1 saturated heterocycles. The van der Waals surface area contributed by atoms with Crippen LogP contribution in [-0.2, 0) is 14.8 Å². The zero-order chi connectivity index (χ0) is 16.2. The molecule has 122 valence electrons. The zero-order valence-electron chi connectivity index (χ0n) is 12.5. The molecule has 0 bridgehead atoms. The van der Waals surface area contributed by atoms with Crippen molar-refractivity contribution in [3.63, 3.8) is 0 Å². The lowest BCUT2D eigenvalue weighted by atomic mass is 10.3. The predicted octanol–water partition coefficient (Wildman–Crippen LogP) is 0.891. The van der Waals surface area contributed by atoms with E-state index in [1.807, 2.05) is 11.8 Å². The van der Waals surface area contributed by atoms with Gasteiger partial charge in [-0.15, -0.1) is 0 Å². The van der Waals surface area contributed by atoms with Crippen molar-refractivity contribution in [3.05, 3.63) is 28.7 Å². The van der Waals surface area contributed by atoms with E-state index in [1.54, 1.807) is 24.3 Å². The Morgan fingerprint density at radius 2 is 1.77 bits per heavy atom. The van der Waals surface area contributed by atoms with Gasteiger partial charge in [0.25, 0.3) is 0 Å². The van der Waals surface area contributed by atoms with Crippen LogP contribution in [0.15, 0.2) is 33.6 Å². The number of sulfonamides is 1. The fraction of sp³-hybridized carbons (Fsp3) is 0.500. The minimum atomic E-state index is -3.46. The average Bonchev–Trinajstić information content (AvgIpc) is 2.48. The summed E-state index contributed by atoms with van der Waals surface area (Å²) in [7, 11) is -3.46. The van der Waals surface area contributed by atoms with Gasteiger partial charge in [0.05, 0.1) is 11.4 Å². The molecule has 0 unspecified atom stereocenters. The van der Waals surface area contributed by atoms with Gasteiger partial charge in [0, 0.05) is 37.2 Å². The Morgan fingerprint density at radius 3 is 2.32 bits per heavy atom. The molecule has 0 saturated carbocycles. The number of nitrogens with one attached hydrogen (secondary N) is 1. The van der Waals surface area contributed by atoms with Crippen molar-refractivity contribution >= 4 is 31.9 Å². The maximum absolute atomic E-state index is 12.5. The molecule has 0 aliphatic carbocycles. The van der Waals surface area contributed by atoms with E-state index in [0.29, 0.717) is 44.2 Å². The molecule has 1 heterocycles. The smallest absolute Gasteiger partial charge is 0.243 e. The van der Waals surface area contributed by atoms with Crippen LogP contribution in [0.2, 0.25) is 0 Å². The number of rotatable bonds is 5. The maximum Gasteiger partial charge on any atom is 0.243 e. The van der Waals surface area contributed by atoms with Crippen LogP contribution < -0.4 is 5.32 Å². The van der Waals surface area contributed by atoms with Crippen LogP contribution in [0.5, 0.6) is 0 Å². The molecule has 1 aliphatic heterocycles. The summed E-state index contributed by atoms with van der Waals surface area (Å²) in [6, 6.07) is 6.64. The Hall–Kier alpha value is -0.960. The third kappa shape index (κ3) is 4.28. The van der Waals surface area contributed by atoms with E-state index in [2.05, 4.69) is 21.2 Å². The lowest BCUT2D eigenvalue weighted by Crippen LogP contribution is -2.51. The zero-order valence-corrected chi connectivity index (χ0v) is 14.9. The average molecular weight is 390 g/mol. The number of benzene rings is 1. The van der Waals surface area contributed by atoms with Crippen molar-refractivity contribution in [1.82, 2.24) is 14.5 Å². The minimum Gasteiger partial charge on any atom is -0.355 e. The fourth-order valence-corrected chi connectivity index (χ4v) is 4.03. The Bertz CT molecular complexity index is 611. The van der Waals surface area contributed by atoms with Crippen LogP contribution in [0.25, 0.3) is 0 Å². The lowest BCUT2D eigenvalue weighted by Gasteiger charge is -2.33. The number of hydrogen-bond acceptors (Lipinski definition) is 4. The van der Waals surface area contributed by atoms with Crippen molar-refractivity contribution in [3.8, 4) is 0 Å². The highest BCUT2D eigenvalue weighted by molar-refractivity contribution is 9.10. The number of amides is 1. The van der Waals surface area contributed by atoms with Gasteiger partial charge in [0.1, 0.15) is 0 Å². The molecular formula is C14H20BrN3O3S. The van der Waals surface area contributed by atoms with Crippen LogP contribution >= 0.6 is 15.9 Å². The van der Waals surface area contributed by atoms with Crippen LogP contribution in [0, 0.1) is 0 Å². The molecule has 8 heteroatoms. The molecule has 6 nitrogen and oxygen atoms in total. The molecule has 22 heavy (non-hydrogen) atoms. The molecule has 0 atom stereocenters. The van der Waals surface area contributed by atoms with E-state index in [-0.39, 0.29) is 5.91 Å². The summed E-state index contributed by atoms with van der Waals surface area (Å²) >= 11 is 3.30. The molecule has 1 aliphatic rings. The standard InChI is InChI=1S/C14H20BrN3O3S/c1-2-16-14(19)11-17-7-9-18(10-8-17)22(20,21)13-5-3-12(15)4-6-13/h3-6H,2,7-11H2,1H3,(H,16,19). The predicted molar refractivity (Wildman–Crippen MR) is 88.0 cm³/mol. The number of halogens is 1. The third-order valence-corrected chi connectivity index (χ3v) is 5.97. The van der Waals surface area contributed by atoms with Gasteiger partial charge in [-0.1, -0.05) is 15.9 Å². The van der Waals surface area contributed by atoms with Crippen molar-refractivity contribution < 1.29 is 13.2 Å². The first-order chi connectivity index (χ1) is 10.4. The topological polar surface area (TPSA) is 69.7 Å². The quantitative estimate of drug-likeness (QED) is 0.811. The van der Waals surface area contributed by atoms with E-state index in [4.69, 9.17) is 0 Å². The first-order valence-electron chi connectivity index (χ1n) is 7.18. The third-order valence-electron chi connectivity index (χ3n) is 3.52. The van der Waals surface area contributed by atoms with Crippen molar-refractivity contribution in [1.29, 1.82) is 0 Å². The number of carbonyl (C=O) groups excluding carboxylic acids is 1. The van der Waals surface area contributed by atoms with Gasteiger partial charge >= 0.3 is 0 Å². The molecule has 2 rings (SSSR count). The second-order valence-electron chi connectivity index (χ2n) is 5.09. The molecule has 0 aromatic heterocycles. The second-order valence-corrected chi connectivity index (χ2v) is 7.94. The molecular weight excluding hydrogens is 370 g/mol. The monoisotopic (exact) mass is 389 g/mol. The first kappa shape index (κ1) is 17.4. The maximum atomic E-state index is 12.5. The summed E-state index contributed by atoms with van der Waals surface area (Å²) in [5, 5.41) is 2.75. The fourth-order valence-electron chi connectivity index (χ4n) is 2.34. The van der Waals surface area contributed by atoms with E-state index < -0.39 is 10.0 Å². The molecule has 1 amide bonds. The van der Waals surface area contributed by atoms with Crippen LogP contribution in [0.3, 0.4) is 0 Å². The number of piperazine rings is 1. The molecule has 1 N–H and O–H groups in total. The van der Waals surface area contributed by atoms with Gasteiger partial charge in [0.2, 0.25) is 15.9 Å². The van der Waals surface area contributed by atoms with Crippen molar-refractivity contribution in [2.24, 2.45) is 0 Å². The van der Waals surface area contributed by atoms with Crippen LogP contribution in [-0.4, -0.2) is 62.8 Å². The van der Waals surface area contributed by atoms with E-state index in [1.165, 1.54) is 4.31 Å². The van der Waals surface area contributed by atoms with Crippen LogP contribution in [0.1, 0.15) is 6.92 Å². The van der Waals surface area contributed by atoms with Gasteiger partial charge in [-0.2, -0.15) is 4.31 Å². The van der Waals surface area contributed by atoms with Gasteiger partial charge in [-0.3, -0.25) is 9.69 Å². The van der Waals surface area contributed by atoms with Gasteiger partial charge in [-0.25, -0.2) is 8.42 Å². The lowest BCUT2D eigenvalue weighted by molar-refractivity contribution is -0.122. The van der Waals surface area contributed by atoms with Gasteiger partial charge < -0.3 is 5.32 Å². The van der Waals surface area contributed by atoms with Crippen LogP contribution in [0.4, 0.5) is 0 Å². The highest BCUT2D eigenvalue weighted by Crippen LogP contribution is 2.20. The summed E-state index contributed by atoms with van der Waals surface area (Å²) in [6.45, 7) is 4.73. The number of likely N-dealkylation sites (N-methyl/N-ethyl adjacent to an activating group) is 1. The molecule has 1 fully saturated rings. The highest BCUT2D eigenvalue weighted by Gasteiger charge is 2.28. The first-order valence-corrected chi connectivity index (χ1v) is 9.41. The molecule has 1 aromatic carbocycles.